The van der Waals surface area contributed by atoms with Crippen molar-refractivity contribution in [2.45, 2.75) is 12.4 Å². The SMILES string of the molecule is FC(F)(F)c1ccc(-c2cc(C(F)(F)F)nc(-n3cnc(-c4cccs4)c3)n2)cc1. The van der Waals surface area contributed by atoms with Gasteiger partial charge in [-0.1, -0.05) is 18.2 Å². The molecule has 0 bridgehead atoms. The molecule has 4 aromatic rings. The van der Waals surface area contributed by atoms with Crippen LogP contribution in [0.2, 0.25) is 0 Å². The van der Waals surface area contributed by atoms with Gasteiger partial charge >= 0.3 is 12.4 Å². The molecule has 0 radical (unpaired) electrons. The van der Waals surface area contributed by atoms with Crippen molar-refractivity contribution in [2.24, 2.45) is 0 Å². The van der Waals surface area contributed by atoms with Crippen molar-refractivity contribution in [1.82, 2.24) is 19.5 Å². The average Bonchev–Trinajstić information content (AvgIpc) is 3.38. The third-order valence-corrected chi connectivity index (χ3v) is 4.99. The van der Waals surface area contributed by atoms with Gasteiger partial charge in [0.05, 0.1) is 21.8 Å². The van der Waals surface area contributed by atoms with Crippen molar-refractivity contribution in [1.29, 1.82) is 0 Å². The van der Waals surface area contributed by atoms with Crippen molar-refractivity contribution in [3.05, 3.63) is 71.6 Å². The van der Waals surface area contributed by atoms with Gasteiger partial charge in [0, 0.05) is 11.8 Å². The van der Waals surface area contributed by atoms with Crippen LogP contribution in [-0.2, 0) is 12.4 Å². The lowest BCUT2D eigenvalue weighted by Gasteiger charge is -2.12. The van der Waals surface area contributed by atoms with Crippen molar-refractivity contribution in [3.8, 4) is 27.8 Å². The number of aromatic nitrogens is 4. The molecule has 0 aliphatic carbocycles. The number of benzene rings is 1. The second-order valence-corrected chi connectivity index (χ2v) is 7.10. The Morgan fingerprint density at radius 2 is 1.57 bits per heavy atom. The Morgan fingerprint density at radius 3 is 2.17 bits per heavy atom. The topological polar surface area (TPSA) is 43.6 Å². The number of thiophene rings is 1. The zero-order valence-electron chi connectivity index (χ0n) is 14.7. The zero-order chi connectivity index (χ0) is 21.5. The lowest BCUT2D eigenvalue weighted by Crippen LogP contribution is -2.12. The summed E-state index contributed by atoms with van der Waals surface area (Å²) in [6.07, 6.45) is -6.56. The second kappa shape index (κ2) is 7.24. The first kappa shape index (κ1) is 20.1. The van der Waals surface area contributed by atoms with E-state index in [9.17, 15) is 26.3 Å². The van der Waals surface area contributed by atoms with Gasteiger partial charge in [0.15, 0.2) is 5.69 Å². The summed E-state index contributed by atoms with van der Waals surface area (Å²) in [5, 5.41) is 1.83. The Labute approximate surface area is 169 Å². The van der Waals surface area contributed by atoms with Gasteiger partial charge in [0.2, 0.25) is 5.95 Å². The molecule has 4 rings (SSSR count). The average molecular weight is 440 g/mol. The summed E-state index contributed by atoms with van der Waals surface area (Å²) < 4.78 is 79.6. The van der Waals surface area contributed by atoms with Gasteiger partial charge in [0.25, 0.3) is 0 Å². The number of imidazole rings is 1. The van der Waals surface area contributed by atoms with Crippen LogP contribution in [-0.4, -0.2) is 19.5 Å². The quantitative estimate of drug-likeness (QED) is 0.362. The Hall–Kier alpha value is -3.21. The molecule has 11 heteroatoms. The first-order valence-corrected chi connectivity index (χ1v) is 9.21. The van der Waals surface area contributed by atoms with Crippen LogP contribution in [0, 0.1) is 0 Å². The molecular formula is C19H10F6N4S. The Morgan fingerprint density at radius 1 is 0.833 bits per heavy atom. The zero-order valence-corrected chi connectivity index (χ0v) is 15.6. The lowest BCUT2D eigenvalue weighted by molar-refractivity contribution is -0.141. The fraction of sp³-hybridized carbons (Fsp3) is 0.105. The van der Waals surface area contributed by atoms with Crippen LogP contribution in [0.1, 0.15) is 11.3 Å². The van der Waals surface area contributed by atoms with Crippen molar-refractivity contribution >= 4 is 11.3 Å². The second-order valence-electron chi connectivity index (χ2n) is 6.15. The van der Waals surface area contributed by atoms with Gasteiger partial charge in [0.1, 0.15) is 6.33 Å². The van der Waals surface area contributed by atoms with E-state index in [0.717, 1.165) is 29.1 Å². The molecule has 3 heterocycles. The minimum atomic E-state index is -4.77. The number of nitrogens with zero attached hydrogens (tertiary/aromatic N) is 4. The highest BCUT2D eigenvalue weighted by molar-refractivity contribution is 7.13. The van der Waals surface area contributed by atoms with Crippen LogP contribution in [0.5, 0.6) is 0 Å². The summed E-state index contributed by atoms with van der Waals surface area (Å²) >= 11 is 1.41. The van der Waals surface area contributed by atoms with E-state index in [0.29, 0.717) is 11.8 Å². The molecule has 0 N–H and O–H groups in total. The Kier molecular flexibility index (Phi) is 4.85. The molecule has 0 aliphatic rings. The van der Waals surface area contributed by atoms with Gasteiger partial charge in [-0.05, 0) is 29.6 Å². The van der Waals surface area contributed by atoms with Crippen LogP contribution >= 0.6 is 11.3 Å². The fourth-order valence-corrected chi connectivity index (χ4v) is 3.34. The minimum Gasteiger partial charge on any atom is -0.274 e. The summed E-state index contributed by atoms with van der Waals surface area (Å²) in [5.74, 6) is -0.296. The van der Waals surface area contributed by atoms with E-state index in [2.05, 4.69) is 15.0 Å². The third kappa shape index (κ3) is 4.06. The summed E-state index contributed by atoms with van der Waals surface area (Å²) in [4.78, 5) is 12.6. The monoisotopic (exact) mass is 440 g/mol. The number of rotatable bonds is 3. The Bertz CT molecular complexity index is 1160. The van der Waals surface area contributed by atoms with E-state index in [1.165, 1.54) is 28.4 Å². The predicted octanol–water partition coefficient (Wildman–Crippen LogP) is 6.10. The standard InChI is InChI=1S/C19H10F6N4S/c20-18(21,22)12-5-3-11(4-6-12)13-8-16(19(23,24)25)28-17(27-13)29-9-14(26-10-29)15-2-1-7-30-15/h1-10H. The number of hydrogen-bond acceptors (Lipinski definition) is 4. The van der Waals surface area contributed by atoms with E-state index in [1.807, 2.05) is 11.4 Å². The van der Waals surface area contributed by atoms with E-state index in [1.54, 1.807) is 6.07 Å². The molecule has 0 spiro atoms. The Balaban J connectivity index is 1.79. The van der Waals surface area contributed by atoms with E-state index >= 15 is 0 Å². The number of hydrogen-bond donors (Lipinski definition) is 0. The van der Waals surface area contributed by atoms with Crippen molar-refractivity contribution in [2.75, 3.05) is 0 Å². The molecular weight excluding hydrogens is 430 g/mol. The highest BCUT2D eigenvalue weighted by atomic mass is 32.1. The molecule has 1 aromatic carbocycles. The molecule has 154 valence electrons. The number of alkyl halides is 6. The maximum atomic E-state index is 13.4. The summed E-state index contributed by atoms with van der Waals surface area (Å²) in [6, 6.07) is 8.02. The van der Waals surface area contributed by atoms with Crippen LogP contribution in [0.4, 0.5) is 26.3 Å². The first-order valence-electron chi connectivity index (χ1n) is 8.33. The van der Waals surface area contributed by atoms with Gasteiger partial charge < -0.3 is 0 Å². The maximum Gasteiger partial charge on any atom is 0.433 e. The smallest absolute Gasteiger partial charge is 0.274 e. The molecule has 0 unspecified atom stereocenters. The van der Waals surface area contributed by atoms with E-state index < -0.39 is 23.6 Å². The first-order chi connectivity index (χ1) is 14.1. The van der Waals surface area contributed by atoms with E-state index in [-0.39, 0.29) is 17.2 Å². The third-order valence-electron chi connectivity index (χ3n) is 4.10. The lowest BCUT2D eigenvalue weighted by atomic mass is 10.1. The van der Waals surface area contributed by atoms with Gasteiger partial charge in [-0.2, -0.15) is 26.3 Å². The number of halogens is 6. The van der Waals surface area contributed by atoms with Crippen molar-refractivity contribution in [3.63, 3.8) is 0 Å². The molecule has 0 aliphatic heterocycles. The molecule has 0 fully saturated rings. The van der Waals surface area contributed by atoms with Gasteiger partial charge in [-0.15, -0.1) is 11.3 Å². The van der Waals surface area contributed by atoms with Gasteiger partial charge in [-0.25, -0.2) is 15.0 Å². The molecule has 4 nitrogen and oxygen atoms in total. The summed E-state index contributed by atoms with van der Waals surface area (Å²) in [7, 11) is 0. The molecule has 30 heavy (non-hydrogen) atoms. The normalized spacial score (nSPS) is 12.3. The molecule has 0 atom stereocenters. The highest BCUT2D eigenvalue weighted by Crippen LogP contribution is 2.33. The van der Waals surface area contributed by atoms with Crippen LogP contribution < -0.4 is 0 Å². The predicted molar refractivity (Wildman–Crippen MR) is 97.9 cm³/mol. The maximum absolute atomic E-state index is 13.4. The van der Waals surface area contributed by atoms with Crippen molar-refractivity contribution < 1.29 is 26.3 Å². The molecule has 3 aromatic heterocycles. The molecule has 0 amide bonds. The minimum absolute atomic E-state index is 0.0933. The highest BCUT2D eigenvalue weighted by Gasteiger charge is 2.34. The van der Waals surface area contributed by atoms with Gasteiger partial charge in [-0.3, -0.25) is 4.57 Å². The molecule has 0 saturated carbocycles. The fourth-order valence-electron chi connectivity index (χ4n) is 2.66. The van der Waals surface area contributed by atoms with E-state index in [4.69, 9.17) is 0 Å². The van der Waals surface area contributed by atoms with Crippen LogP contribution in [0.15, 0.2) is 60.4 Å². The summed E-state index contributed by atoms with van der Waals surface area (Å²) in [5.41, 5.74) is -1.66. The summed E-state index contributed by atoms with van der Waals surface area (Å²) in [6.45, 7) is 0. The largest absolute Gasteiger partial charge is 0.433 e. The molecule has 0 saturated heterocycles. The van der Waals surface area contributed by atoms with Crippen LogP contribution in [0.3, 0.4) is 0 Å². The van der Waals surface area contributed by atoms with Crippen LogP contribution in [0.25, 0.3) is 27.8 Å².